The van der Waals surface area contributed by atoms with Crippen molar-refractivity contribution < 1.29 is 14.7 Å². The summed E-state index contributed by atoms with van der Waals surface area (Å²) in [6, 6.07) is 0. The molecule has 0 aromatic rings. The molecule has 5 nitrogen and oxygen atoms in total. The zero-order valence-electron chi connectivity index (χ0n) is 8.85. The van der Waals surface area contributed by atoms with E-state index in [1.54, 1.807) is 18.0 Å². The van der Waals surface area contributed by atoms with E-state index in [-0.39, 0.29) is 5.91 Å². The van der Waals surface area contributed by atoms with Crippen LogP contribution in [0.1, 0.15) is 13.3 Å². The van der Waals surface area contributed by atoms with Crippen LogP contribution in [0.4, 0.5) is 0 Å². The van der Waals surface area contributed by atoms with Crippen LogP contribution in [0.25, 0.3) is 0 Å². The van der Waals surface area contributed by atoms with Crippen molar-refractivity contribution in [3.8, 4) is 0 Å². The lowest BCUT2D eigenvalue weighted by molar-refractivity contribution is -0.131. The molecule has 0 bridgehead atoms. The van der Waals surface area contributed by atoms with Crippen molar-refractivity contribution in [2.75, 3.05) is 26.2 Å². The molecular formula is C10H16N2O3. The smallest absolute Gasteiger partial charge is 0.329 e. The fraction of sp³-hybridized carbons (Fsp3) is 0.600. The highest BCUT2D eigenvalue weighted by molar-refractivity contribution is 5.79. The quantitative estimate of drug-likeness (QED) is 0.661. The third-order valence-electron chi connectivity index (χ3n) is 2.40. The molecule has 1 saturated heterocycles. The van der Waals surface area contributed by atoms with Crippen molar-refractivity contribution in [1.82, 2.24) is 9.80 Å². The Morgan fingerprint density at radius 3 is 2.53 bits per heavy atom. The van der Waals surface area contributed by atoms with Crippen molar-refractivity contribution in [3.63, 3.8) is 0 Å². The Morgan fingerprint density at radius 2 is 1.93 bits per heavy atom. The molecule has 15 heavy (non-hydrogen) atoms. The molecule has 1 aliphatic rings. The van der Waals surface area contributed by atoms with Gasteiger partial charge in [0, 0.05) is 45.4 Å². The van der Waals surface area contributed by atoms with Crippen molar-refractivity contribution in [1.29, 1.82) is 0 Å². The Morgan fingerprint density at radius 1 is 1.20 bits per heavy atom. The summed E-state index contributed by atoms with van der Waals surface area (Å²) in [5, 5.41) is 8.48. The number of hydrogen-bond acceptors (Lipinski definition) is 3. The maximum atomic E-state index is 11.1. The Kier molecular flexibility index (Phi) is 4.15. The topological polar surface area (TPSA) is 60.9 Å². The number of aliphatic carboxylic acids is 1. The number of carboxylic acids is 1. The van der Waals surface area contributed by atoms with E-state index in [0.29, 0.717) is 13.1 Å². The number of carbonyl (C=O) groups excluding carboxylic acids is 1. The summed E-state index contributed by atoms with van der Waals surface area (Å²) in [5.41, 5.74) is 0. The molecule has 0 radical (unpaired) electrons. The minimum atomic E-state index is -0.942. The van der Waals surface area contributed by atoms with Crippen molar-refractivity contribution in [2.45, 2.75) is 13.3 Å². The van der Waals surface area contributed by atoms with Gasteiger partial charge in [0.2, 0.25) is 5.91 Å². The highest BCUT2D eigenvalue weighted by atomic mass is 16.4. The van der Waals surface area contributed by atoms with Crippen LogP contribution in [-0.4, -0.2) is 53.0 Å². The number of amides is 1. The molecule has 1 aliphatic heterocycles. The number of rotatable bonds is 2. The normalized spacial score (nSPS) is 17.9. The van der Waals surface area contributed by atoms with Crippen molar-refractivity contribution in [3.05, 3.63) is 12.3 Å². The number of hydrogen-bond donors (Lipinski definition) is 1. The van der Waals surface area contributed by atoms with E-state index < -0.39 is 5.97 Å². The van der Waals surface area contributed by atoms with Crippen LogP contribution in [0.15, 0.2) is 12.3 Å². The molecule has 0 aromatic heterocycles. The van der Waals surface area contributed by atoms with E-state index in [9.17, 15) is 9.59 Å². The first kappa shape index (κ1) is 11.6. The Hall–Kier alpha value is -1.52. The lowest BCUT2D eigenvalue weighted by Crippen LogP contribution is -2.32. The lowest BCUT2D eigenvalue weighted by Gasteiger charge is -2.19. The van der Waals surface area contributed by atoms with Gasteiger partial charge in [-0.15, -0.1) is 0 Å². The molecule has 0 atom stereocenters. The van der Waals surface area contributed by atoms with Gasteiger partial charge in [0.05, 0.1) is 0 Å². The molecule has 1 amide bonds. The maximum absolute atomic E-state index is 11.1. The van der Waals surface area contributed by atoms with Gasteiger partial charge in [0.15, 0.2) is 0 Å². The summed E-state index contributed by atoms with van der Waals surface area (Å²) in [6.07, 6.45) is 3.58. The van der Waals surface area contributed by atoms with E-state index in [1.165, 1.54) is 0 Å². The summed E-state index contributed by atoms with van der Waals surface area (Å²) in [4.78, 5) is 25.2. The van der Waals surface area contributed by atoms with Crippen LogP contribution in [0.3, 0.4) is 0 Å². The molecule has 1 fully saturated rings. The summed E-state index contributed by atoms with van der Waals surface area (Å²) in [7, 11) is 0. The largest absolute Gasteiger partial charge is 0.478 e. The first-order chi connectivity index (χ1) is 7.09. The number of carbonyl (C=O) groups is 2. The van der Waals surface area contributed by atoms with E-state index >= 15 is 0 Å². The highest BCUT2D eigenvalue weighted by Crippen LogP contribution is 2.03. The average molecular weight is 212 g/mol. The average Bonchev–Trinajstić information content (AvgIpc) is 2.39. The third kappa shape index (κ3) is 4.01. The van der Waals surface area contributed by atoms with Crippen LogP contribution >= 0.6 is 0 Å². The fourth-order valence-electron chi connectivity index (χ4n) is 1.57. The molecule has 1 heterocycles. The molecular weight excluding hydrogens is 196 g/mol. The Balaban J connectivity index is 2.45. The van der Waals surface area contributed by atoms with Gasteiger partial charge in [0.25, 0.3) is 0 Å². The van der Waals surface area contributed by atoms with Crippen LogP contribution < -0.4 is 0 Å². The Bertz CT molecular complexity index is 276. The second-order valence-electron chi connectivity index (χ2n) is 3.55. The molecule has 0 saturated carbocycles. The number of carboxylic acid groups (broad SMARTS) is 1. The van der Waals surface area contributed by atoms with E-state index in [2.05, 4.69) is 0 Å². The van der Waals surface area contributed by atoms with Crippen LogP contribution in [-0.2, 0) is 9.59 Å². The van der Waals surface area contributed by atoms with E-state index in [1.807, 2.05) is 4.90 Å². The van der Waals surface area contributed by atoms with Crippen LogP contribution in [0, 0.1) is 0 Å². The van der Waals surface area contributed by atoms with Gasteiger partial charge in [0.1, 0.15) is 0 Å². The van der Waals surface area contributed by atoms with Crippen LogP contribution in [0.5, 0.6) is 0 Å². The molecule has 0 unspecified atom stereocenters. The first-order valence-electron chi connectivity index (χ1n) is 5.00. The lowest BCUT2D eigenvalue weighted by atomic mass is 10.4. The van der Waals surface area contributed by atoms with E-state index in [0.717, 1.165) is 25.6 Å². The van der Waals surface area contributed by atoms with Crippen molar-refractivity contribution in [2.24, 2.45) is 0 Å². The minimum Gasteiger partial charge on any atom is -0.478 e. The number of nitrogens with zero attached hydrogens (tertiary/aromatic N) is 2. The van der Waals surface area contributed by atoms with Gasteiger partial charge < -0.3 is 14.9 Å². The summed E-state index contributed by atoms with van der Waals surface area (Å²) in [5.74, 6) is -0.860. The van der Waals surface area contributed by atoms with Gasteiger partial charge in [-0.05, 0) is 6.42 Å². The van der Waals surface area contributed by atoms with Gasteiger partial charge in [-0.1, -0.05) is 0 Å². The second-order valence-corrected chi connectivity index (χ2v) is 3.55. The summed E-state index contributed by atoms with van der Waals surface area (Å²) < 4.78 is 0. The van der Waals surface area contributed by atoms with Gasteiger partial charge in [-0.25, -0.2) is 4.79 Å². The Labute approximate surface area is 89.0 Å². The SMILES string of the molecule is CC(=O)N1CCCN(C=CC(=O)O)CC1. The van der Waals surface area contributed by atoms with E-state index in [4.69, 9.17) is 5.11 Å². The van der Waals surface area contributed by atoms with Gasteiger partial charge in [-0.3, -0.25) is 4.79 Å². The maximum Gasteiger partial charge on any atom is 0.329 e. The standard InChI is InChI=1S/C10H16N2O3/c1-9(13)12-5-2-4-11(7-8-12)6-3-10(14)15/h3,6H,2,4-5,7-8H2,1H3,(H,14,15). The highest BCUT2D eigenvalue weighted by Gasteiger charge is 2.14. The van der Waals surface area contributed by atoms with Gasteiger partial charge in [-0.2, -0.15) is 0 Å². The first-order valence-corrected chi connectivity index (χ1v) is 5.00. The predicted octanol–water partition coefficient (Wildman–Crippen LogP) is 0.139. The van der Waals surface area contributed by atoms with Crippen LogP contribution in [0.2, 0.25) is 0 Å². The third-order valence-corrected chi connectivity index (χ3v) is 2.40. The van der Waals surface area contributed by atoms with Crippen molar-refractivity contribution >= 4 is 11.9 Å². The zero-order valence-corrected chi connectivity index (χ0v) is 8.85. The fourth-order valence-corrected chi connectivity index (χ4v) is 1.57. The molecule has 1 rings (SSSR count). The molecule has 0 aliphatic carbocycles. The summed E-state index contributed by atoms with van der Waals surface area (Å²) >= 11 is 0. The molecule has 5 heteroatoms. The second kappa shape index (κ2) is 5.38. The molecule has 0 spiro atoms. The minimum absolute atomic E-state index is 0.0825. The monoisotopic (exact) mass is 212 g/mol. The molecule has 0 aromatic carbocycles. The summed E-state index contributed by atoms with van der Waals surface area (Å²) in [6.45, 7) is 4.48. The van der Waals surface area contributed by atoms with Gasteiger partial charge >= 0.3 is 5.97 Å². The molecule has 1 N–H and O–H groups in total. The molecule has 84 valence electrons. The predicted molar refractivity (Wildman–Crippen MR) is 55.2 cm³/mol. The zero-order chi connectivity index (χ0) is 11.3.